The van der Waals surface area contributed by atoms with E-state index >= 15 is 0 Å². The van der Waals surface area contributed by atoms with Crippen molar-refractivity contribution in [2.24, 2.45) is 5.92 Å². The van der Waals surface area contributed by atoms with Crippen LogP contribution in [0.2, 0.25) is 0 Å². The van der Waals surface area contributed by atoms with Gasteiger partial charge in [-0.1, -0.05) is 44.2 Å². The van der Waals surface area contributed by atoms with Crippen LogP contribution in [0.4, 0.5) is 0 Å². The number of carbonyl (C=O) groups excluding carboxylic acids is 1. The van der Waals surface area contributed by atoms with E-state index in [0.29, 0.717) is 12.1 Å². The van der Waals surface area contributed by atoms with Gasteiger partial charge in [0.1, 0.15) is 12.6 Å². The number of nitrogens with one attached hydrogen (secondary N) is 1. The summed E-state index contributed by atoms with van der Waals surface area (Å²) in [5.41, 5.74) is 0.954. The first-order chi connectivity index (χ1) is 11.9. The van der Waals surface area contributed by atoms with Crippen molar-refractivity contribution in [3.63, 3.8) is 0 Å². The van der Waals surface area contributed by atoms with Gasteiger partial charge in [-0.15, -0.1) is 0 Å². The quantitative estimate of drug-likeness (QED) is 0.794. The van der Waals surface area contributed by atoms with Crippen molar-refractivity contribution >= 4 is 11.9 Å². The Morgan fingerprint density at radius 1 is 1.16 bits per heavy atom. The Kier molecular flexibility index (Phi) is 6.05. The van der Waals surface area contributed by atoms with Gasteiger partial charge in [-0.05, 0) is 18.4 Å². The number of carboxylic acid groups (broad SMARTS) is 1. The van der Waals surface area contributed by atoms with Crippen LogP contribution < -0.4 is 10.9 Å². The third-order valence-electron chi connectivity index (χ3n) is 3.57. The maximum Gasteiger partial charge on any atom is 0.326 e. The molecule has 25 heavy (non-hydrogen) atoms. The molecule has 2 N–H and O–H groups in total. The van der Waals surface area contributed by atoms with Crippen LogP contribution in [-0.4, -0.2) is 32.8 Å². The fourth-order valence-corrected chi connectivity index (χ4v) is 2.39. The lowest BCUT2D eigenvalue weighted by Gasteiger charge is -2.16. The molecule has 0 spiro atoms. The monoisotopic (exact) mass is 343 g/mol. The fraction of sp³-hybridized carbons (Fsp3) is 0.333. The van der Waals surface area contributed by atoms with E-state index in [0.717, 1.165) is 10.2 Å². The summed E-state index contributed by atoms with van der Waals surface area (Å²) in [6, 6.07) is 11.2. The van der Waals surface area contributed by atoms with Crippen molar-refractivity contribution in [3.05, 3.63) is 52.8 Å². The molecular weight excluding hydrogens is 322 g/mol. The van der Waals surface area contributed by atoms with E-state index in [9.17, 15) is 19.5 Å². The lowest BCUT2D eigenvalue weighted by Crippen LogP contribution is -2.44. The van der Waals surface area contributed by atoms with E-state index in [4.69, 9.17) is 0 Å². The molecule has 2 aromatic rings. The standard InChI is InChI=1S/C18H21N3O4/c1-12(2)10-15(18(24)25)19-16(22)11-21-17(23)9-8-14(20-21)13-6-4-3-5-7-13/h3-9,12,15H,10-11H2,1-2H3,(H,19,22)(H,24,25)/t15-/m1/s1. The number of hydrogen-bond donors (Lipinski definition) is 2. The molecule has 0 unspecified atom stereocenters. The van der Waals surface area contributed by atoms with E-state index in [2.05, 4.69) is 10.4 Å². The van der Waals surface area contributed by atoms with E-state index in [1.165, 1.54) is 6.07 Å². The number of benzene rings is 1. The molecule has 0 bridgehead atoms. The number of nitrogens with zero attached hydrogens (tertiary/aromatic N) is 2. The van der Waals surface area contributed by atoms with Crippen molar-refractivity contribution in [1.82, 2.24) is 15.1 Å². The fourth-order valence-electron chi connectivity index (χ4n) is 2.39. The summed E-state index contributed by atoms with van der Waals surface area (Å²) in [5, 5.41) is 15.8. The number of rotatable bonds is 7. The van der Waals surface area contributed by atoms with Gasteiger partial charge >= 0.3 is 5.97 Å². The molecule has 0 saturated heterocycles. The first kappa shape index (κ1) is 18.4. The molecule has 0 radical (unpaired) electrons. The summed E-state index contributed by atoms with van der Waals surface area (Å²) in [4.78, 5) is 35.3. The molecule has 7 nitrogen and oxygen atoms in total. The van der Waals surface area contributed by atoms with Crippen LogP contribution in [0, 0.1) is 5.92 Å². The van der Waals surface area contributed by atoms with Gasteiger partial charge < -0.3 is 10.4 Å². The highest BCUT2D eigenvalue weighted by Gasteiger charge is 2.21. The number of amides is 1. The van der Waals surface area contributed by atoms with Crippen molar-refractivity contribution in [1.29, 1.82) is 0 Å². The first-order valence-electron chi connectivity index (χ1n) is 8.02. The predicted molar refractivity (Wildman–Crippen MR) is 93.0 cm³/mol. The molecule has 0 aliphatic heterocycles. The van der Waals surface area contributed by atoms with E-state index < -0.39 is 23.5 Å². The van der Waals surface area contributed by atoms with Crippen LogP contribution in [0.1, 0.15) is 20.3 Å². The van der Waals surface area contributed by atoms with Crippen LogP contribution in [0.5, 0.6) is 0 Å². The molecule has 1 heterocycles. The van der Waals surface area contributed by atoms with Crippen molar-refractivity contribution in [2.75, 3.05) is 0 Å². The molecule has 7 heteroatoms. The second kappa shape index (κ2) is 8.23. The van der Waals surface area contributed by atoms with Gasteiger partial charge in [0, 0.05) is 11.6 Å². The largest absolute Gasteiger partial charge is 0.480 e. The third-order valence-corrected chi connectivity index (χ3v) is 3.57. The average Bonchev–Trinajstić information content (AvgIpc) is 2.56. The van der Waals surface area contributed by atoms with Gasteiger partial charge in [0.15, 0.2) is 0 Å². The Morgan fingerprint density at radius 3 is 2.44 bits per heavy atom. The maximum atomic E-state index is 12.1. The smallest absolute Gasteiger partial charge is 0.326 e. The van der Waals surface area contributed by atoms with Crippen molar-refractivity contribution < 1.29 is 14.7 Å². The third kappa shape index (κ3) is 5.27. The molecule has 132 valence electrons. The molecule has 1 atom stereocenters. The number of aromatic nitrogens is 2. The lowest BCUT2D eigenvalue weighted by atomic mass is 10.0. The number of hydrogen-bond acceptors (Lipinski definition) is 4. The molecule has 1 aromatic carbocycles. The van der Waals surface area contributed by atoms with Crippen molar-refractivity contribution in [3.8, 4) is 11.3 Å². The van der Waals surface area contributed by atoms with Gasteiger partial charge in [-0.25, -0.2) is 9.48 Å². The zero-order chi connectivity index (χ0) is 18.4. The van der Waals surface area contributed by atoms with Crippen LogP contribution in [-0.2, 0) is 16.1 Å². The maximum absolute atomic E-state index is 12.1. The van der Waals surface area contributed by atoms with Crippen LogP contribution in [0.25, 0.3) is 11.3 Å². The van der Waals surface area contributed by atoms with Gasteiger partial charge in [-0.3, -0.25) is 9.59 Å². The molecule has 1 amide bonds. The first-order valence-corrected chi connectivity index (χ1v) is 8.02. The van der Waals surface area contributed by atoms with Gasteiger partial charge in [-0.2, -0.15) is 5.10 Å². The minimum absolute atomic E-state index is 0.114. The number of carboxylic acids is 1. The van der Waals surface area contributed by atoms with E-state index in [1.807, 2.05) is 44.2 Å². The Balaban J connectivity index is 2.15. The number of aliphatic carboxylic acids is 1. The minimum Gasteiger partial charge on any atom is -0.480 e. The highest BCUT2D eigenvalue weighted by Crippen LogP contribution is 2.13. The van der Waals surface area contributed by atoms with Gasteiger partial charge in [0.2, 0.25) is 5.91 Å². The average molecular weight is 343 g/mol. The number of carbonyl (C=O) groups is 2. The lowest BCUT2D eigenvalue weighted by molar-refractivity contribution is -0.142. The topological polar surface area (TPSA) is 101 Å². The summed E-state index contributed by atoms with van der Waals surface area (Å²) in [6.45, 7) is 3.41. The van der Waals surface area contributed by atoms with Crippen LogP contribution in [0.3, 0.4) is 0 Å². The second-order valence-corrected chi connectivity index (χ2v) is 6.17. The molecular formula is C18H21N3O4. The molecule has 0 aliphatic rings. The minimum atomic E-state index is -1.10. The zero-order valence-electron chi connectivity index (χ0n) is 14.2. The van der Waals surface area contributed by atoms with Crippen LogP contribution in [0.15, 0.2) is 47.3 Å². The molecule has 1 aromatic heterocycles. The Hall–Kier alpha value is -2.96. The van der Waals surface area contributed by atoms with Crippen LogP contribution >= 0.6 is 0 Å². The van der Waals surface area contributed by atoms with Crippen molar-refractivity contribution in [2.45, 2.75) is 32.9 Å². The SMILES string of the molecule is CC(C)C[C@@H](NC(=O)Cn1nc(-c2ccccc2)ccc1=O)C(=O)O. The summed E-state index contributed by atoms with van der Waals surface area (Å²) in [7, 11) is 0. The zero-order valence-corrected chi connectivity index (χ0v) is 14.2. The Labute approximate surface area is 145 Å². The van der Waals surface area contributed by atoms with E-state index in [-0.39, 0.29) is 12.5 Å². The summed E-state index contributed by atoms with van der Waals surface area (Å²) < 4.78 is 1.03. The highest BCUT2D eigenvalue weighted by atomic mass is 16.4. The predicted octanol–water partition coefficient (Wildman–Crippen LogP) is 1.53. The summed E-state index contributed by atoms with van der Waals surface area (Å²) in [5.74, 6) is -1.54. The Morgan fingerprint density at radius 2 is 1.84 bits per heavy atom. The normalized spacial score (nSPS) is 12.0. The molecule has 2 rings (SSSR count). The van der Waals surface area contributed by atoms with Gasteiger partial charge in [0.25, 0.3) is 5.56 Å². The molecule has 0 aliphatic carbocycles. The Bertz CT molecular complexity index is 799. The summed E-state index contributed by atoms with van der Waals surface area (Å²) >= 11 is 0. The molecule has 0 fully saturated rings. The second-order valence-electron chi connectivity index (χ2n) is 6.17. The van der Waals surface area contributed by atoms with E-state index in [1.54, 1.807) is 6.07 Å². The molecule has 0 saturated carbocycles. The van der Waals surface area contributed by atoms with Gasteiger partial charge in [0.05, 0.1) is 5.69 Å². The highest BCUT2D eigenvalue weighted by molar-refractivity contribution is 5.83. The summed E-state index contributed by atoms with van der Waals surface area (Å²) in [6.07, 6.45) is 0.313.